The van der Waals surface area contributed by atoms with Crippen LogP contribution in [0.3, 0.4) is 0 Å². The van der Waals surface area contributed by atoms with Crippen LogP contribution in [0.25, 0.3) is 55.6 Å². The van der Waals surface area contributed by atoms with Crippen molar-refractivity contribution < 1.29 is 0 Å². The van der Waals surface area contributed by atoms with E-state index in [2.05, 4.69) is 209 Å². The van der Waals surface area contributed by atoms with Crippen LogP contribution in [0.5, 0.6) is 0 Å². The lowest BCUT2D eigenvalue weighted by Crippen LogP contribution is -2.37. The molecule has 0 bridgehead atoms. The number of rotatable bonds is 3. The van der Waals surface area contributed by atoms with E-state index >= 15 is 0 Å². The number of nitrogens with zero attached hydrogens (tertiary/aromatic N) is 1. The van der Waals surface area contributed by atoms with Gasteiger partial charge in [0, 0.05) is 21.8 Å². The lowest BCUT2D eigenvalue weighted by molar-refractivity contribution is 0.610. The summed E-state index contributed by atoms with van der Waals surface area (Å²) in [6.07, 6.45) is 0. The molecule has 0 fully saturated rings. The van der Waals surface area contributed by atoms with E-state index in [-0.39, 0.29) is 10.8 Å². The van der Waals surface area contributed by atoms with Crippen LogP contribution < -0.4 is 4.90 Å². The minimum absolute atomic E-state index is 0.214. The topological polar surface area (TPSA) is 3.24 Å². The molecule has 0 saturated heterocycles. The van der Waals surface area contributed by atoms with Crippen molar-refractivity contribution in [3.05, 3.63) is 209 Å². The molecule has 1 unspecified atom stereocenters. The fraction of sp³-hybridized carbons (Fsp3) is 0.143. The van der Waals surface area contributed by atoms with Crippen LogP contribution in [-0.2, 0) is 16.2 Å². The summed E-state index contributed by atoms with van der Waals surface area (Å²) in [5, 5.41) is 0. The summed E-state index contributed by atoms with van der Waals surface area (Å²) in [5.74, 6) is 0. The van der Waals surface area contributed by atoms with E-state index in [9.17, 15) is 0 Å². The van der Waals surface area contributed by atoms with Crippen molar-refractivity contribution in [1.82, 2.24) is 0 Å². The molecule has 4 aliphatic rings. The Morgan fingerprint density at radius 3 is 1.49 bits per heavy atom. The fourth-order valence-corrected chi connectivity index (χ4v) is 11.9. The molecule has 0 N–H and O–H groups in total. The monoisotopic (exact) mass is 729 g/mol. The normalized spacial score (nSPS) is 17.9. The highest BCUT2D eigenvalue weighted by Gasteiger charge is 2.57. The molecule has 0 spiro atoms. The van der Waals surface area contributed by atoms with Crippen LogP contribution in [0.1, 0.15) is 73.6 Å². The zero-order valence-electron chi connectivity index (χ0n) is 33.1. The zero-order valence-corrected chi connectivity index (χ0v) is 33.1. The van der Waals surface area contributed by atoms with E-state index in [4.69, 9.17) is 0 Å². The first-order valence-corrected chi connectivity index (χ1v) is 20.5. The second kappa shape index (κ2) is 11.1. The smallest absolute Gasteiger partial charge is 0.0560 e. The molecule has 0 aromatic heterocycles. The average molecular weight is 730 g/mol. The molecule has 57 heavy (non-hydrogen) atoms. The molecule has 12 rings (SSSR count). The van der Waals surface area contributed by atoms with Gasteiger partial charge in [0.25, 0.3) is 0 Å². The number of para-hydroxylation sites is 1. The first-order valence-electron chi connectivity index (χ1n) is 20.5. The van der Waals surface area contributed by atoms with Crippen molar-refractivity contribution >= 4 is 17.1 Å². The molecule has 1 atom stereocenters. The predicted octanol–water partition coefficient (Wildman–Crippen LogP) is 14.8. The lowest BCUT2D eigenvalue weighted by Gasteiger charge is -2.47. The van der Waals surface area contributed by atoms with Gasteiger partial charge in [-0.25, -0.2) is 0 Å². The van der Waals surface area contributed by atoms with E-state index in [1.54, 1.807) is 0 Å². The van der Waals surface area contributed by atoms with E-state index in [0.717, 1.165) is 0 Å². The molecule has 272 valence electrons. The molecule has 3 aliphatic carbocycles. The quantitative estimate of drug-likeness (QED) is 0.175. The van der Waals surface area contributed by atoms with Crippen molar-refractivity contribution in [3.63, 3.8) is 0 Å². The van der Waals surface area contributed by atoms with Crippen LogP contribution in [-0.4, -0.2) is 0 Å². The summed E-state index contributed by atoms with van der Waals surface area (Å²) in [5.41, 5.74) is 26.0. The SMILES string of the molecule is CC1(C)c2ccccc2-c2c(-c3ccccc3)c3c4c(c21)N(c1ccccc1-c1ccccc1)c1ccc2c(c1C4(C)c1ccccc1-3)C(C)(C)c1ccccc1-2. The van der Waals surface area contributed by atoms with Gasteiger partial charge in [0.15, 0.2) is 0 Å². The van der Waals surface area contributed by atoms with E-state index in [1.165, 1.54) is 112 Å². The summed E-state index contributed by atoms with van der Waals surface area (Å²) in [6.45, 7) is 12.4. The van der Waals surface area contributed by atoms with Crippen molar-refractivity contribution in [3.8, 4) is 55.6 Å². The Hall–Kier alpha value is -6.44. The molecule has 8 aromatic carbocycles. The van der Waals surface area contributed by atoms with Gasteiger partial charge in [0.05, 0.1) is 17.1 Å². The Morgan fingerprint density at radius 2 is 0.807 bits per heavy atom. The Morgan fingerprint density at radius 1 is 0.316 bits per heavy atom. The first kappa shape index (κ1) is 32.8. The third kappa shape index (κ3) is 3.95. The highest BCUT2D eigenvalue weighted by Crippen LogP contribution is 2.72. The average Bonchev–Trinajstić information content (AvgIpc) is 3.76. The summed E-state index contributed by atoms with van der Waals surface area (Å²) >= 11 is 0. The maximum Gasteiger partial charge on any atom is 0.0560 e. The first-order chi connectivity index (χ1) is 27.7. The predicted molar refractivity (Wildman–Crippen MR) is 238 cm³/mol. The summed E-state index contributed by atoms with van der Waals surface area (Å²) in [7, 11) is 0. The zero-order chi connectivity index (χ0) is 38.4. The van der Waals surface area contributed by atoms with Gasteiger partial charge in [-0.15, -0.1) is 0 Å². The van der Waals surface area contributed by atoms with Crippen molar-refractivity contribution in [2.75, 3.05) is 4.90 Å². The molecule has 0 radical (unpaired) electrons. The van der Waals surface area contributed by atoms with Crippen molar-refractivity contribution in [1.29, 1.82) is 0 Å². The molecule has 8 aromatic rings. The number of hydrogen-bond donors (Lipinski definition) is 0. The number of anilines is 3. The van der Waals surface area contributed by atoms with Gasteiger partial charge in [-0.3, -0.25) is 0 Å². The van der Waals surface area contributed by atoms with E-state index < -0.39 is 5.41 Å². The van der Waals surface area contributed by atoms with Gasteiger partial charge in [0.2, 0.25) is 0 Å². The second-order valence-electron chi connectivity index (χ2n) is 17.7. The molecule has 0 amide bonds. The Labute approximate surface area is 335 Å². The Balaban J connectivity index is 1.34. The highest BCUT2D eigenvalue weighted by atomic mass is 15.2. The van der Waals surface area contributed by atoms with Crippen LogP contribution in [0.15, 0.2) is 170 Å². The lowest BCUT2D eigenvalue weighted by atomic mass is 9.63. The fourth-order valence-electron chi connectivity index (χ4n) is 11.9. The molecule has 1 aliphatic heterocycles. The summed E-state index contributed by atoms with van der Waals surface area (Å²) in [6, 6.07) is 64.0. The second-order valence-corrected chi connectivity index (χ2v) is 17.7. The molecular weight excluding hydrogens is 687 g/mol. The molecule has 1 heteroatoms. The van der Waals surface area contributed by atoms with Gasteiger partial charge in [-0.1, -0.05) is 185 Å². The van der Waals surface area contributed by atoms with Crippen LogP contribution in [0, 0.1) is 0 Å². The Kier molecular flexibility index (Phi) is 6.39. The van der Waals surface area contributed by atoms with E-state index in [0.29, 0.717) is 0 Å². The highest BCUT2D eigenvalue weighted by molar-refractivity contribution is 6.13. The van der Waals surface area contributed by atoms with Crippen molar-refractivity contribution in [2.24, 2.45) is 0 Å². The minimum atomic E-state index is -0.442. The maximum atomic E-state index is 2.71. The largest absolute Gasteiger partial charge is 0.309 e. The number of hydrogen-bond acceptors (Lipinski definition) is 1. The van der Waals surface area contributed by atoms with Crippen LogP contribution in [0.2, 0.25) is 0 Å². The number of fused-ring (bicyclic) bond motifs is 13. The van der Waals surface area contributed by atoms with Gasteiger partial charge in [0.1, 0.15) is 0 Å². The molecular formula is C56H43N. The Bertz CT molecular complexity index is 3020. The van der Waals surface area contributed by atoms with Gasteiger partial charge >= 0.3 is 0 Å². The summed E-state index contributed by atoms with van der Waals surface area (Å²) in [4.78, 5) is 2.71. The van der Waals surface area contributed by atoms with Gasteiger partial charge < -0.3 is 4.90 Å². The molecule has 1 nitrogen and oxygen atoms in total. The standard InChI is InChI=1S/C56H43N/c1-54(2)41-28-16-12-25-37(41)38-32-33-45-50(49(38)54)56(5)43-30-18-14-27-40(43)48-46(35-22-10-7-11-23-35)47-39-26-13-17-29-42(39)55(3,4)51(47)53(52(48)56)57(45)44-31-19-15-24-36(44)34-20-8-6-9-21-34/h6-33H,1-5H3. The minimum Gasteiger partial charge on any atom is -0.309 e. The third-order valence-corrected chi connectivity index (χ3v) is 14.2. The maximum absolute atomic E-state index is 2.71. The van der Waals surface area contributed by atoms with Crippen molar-refractivity contribution in [2.45, 2.75) is 50.9 Å². The van der Waals surface area contributed by atoms with Gasteiger partial charge in [-0.2, -0.15) is 0 Å². The van der Waals surface area contributed by atoms with Crippen LogP contribution >= 0.6 is 0 Å². The van der Waals surface area contributed by atoms with Gasteiger partial charge in [-0.05, 0) is 108 Å². The third-order valence-electron chi connectivity index (χ3n) is 14.2. The number of benzene rings is 8. The molecule has 0 saturated carbocycles. The van der Waals surface area contributed by atoms with E-state index in [1.807, 2.05) is 0 Å². The summed E-state index contributed by atoms with van der Waals surface area (Å²) < 4.78 is 0. The van der Waals surface area contributed by atoms with Crippen LogP contribution in [0.4, 0.5) is 17.1 Å². The molecule has 1 heterocycles.